The Balaban J connectivity index is 1.64. The number of methoxy groups -OCH3 is 1. The lowest BCUT2D eigenvalue weighted by Crippen LogP contribution is -2.46. The van der Waals surface area contributed by atoms with Crippen LogP contribution in [0.15, 0.2) is 24.3 Å². The molecule has 0 radical (unpaired) electrons. The van der Waals surface area contributed by atoms with E-state index in [4.69, 9.17) is 0 Å². The largest absolute Gasteiger partial charge is 0.480 e. The minimum absolute atomic E-state index is 0.0798. The number of rotatable bonds is 5. The zero-order valence-electron chi connectivity index (χ0n) is 15.0. The van der Waals surface area contributed by atoms with Gasteiger partial charge in [-0.15, -0.1) is 0 Å². The van der Waals surface area contributed by atoms with Gasteiger partial charge in [0.1, 0.15) is 6.04 Å². The molecule has 3 unspecified atom stereocenters. The fourth-order valence-electron chi connectivity index (χ4n) is 4.34. The van der Waals surface area contributed by atoms with Crippen LogP contribution in [-0.2, 0) is 20.7 Å². The second-order valence-corrected chi connectivity index (χ2v) is 7.19. The van der Waals surface area contributed by atoms with Gasteiger partial charge in [-0.2, -0.15) is 0 Å². The molecule has 6 nitrogen and oxygen atoms in total. The number of carboxylic acid groups (broad SMARTS) is 1. The minimum atomic E-state index is -0.893. The van der Waals surface area contributed by atoms with Crippen molar-refractivity contribution in [3.8, 4) is 0 Å². The van der Waals surface area contributed by atoms with Crippen LogP contribution < -0.4 is 0 Å². The lowest BCUT2D eigenvalue weighted by molar-refractivity contribution is -0.149. The number of amides is 1. The Bertz CT molecular complexity index is 684. The number of hydrogen-bond acceptors (Lipinski definition) is 4. The van der Waals surface area contributed by atoms with E-state index in [0.717, 1.165) is 31.2 Å². The van der Waals surface area contributed by atoms with E-state index in [1.165, 1.54) is 7.11 Å². The molecule has 0 bridgehead atoms. The van der Waals surface area contributed by atoms with Crippen LogP contribution in [0.1, 0.15) is 54.4 Å². The van der Waals surface area contributed by atoms with Crippen molar-refractivity contribution >= 4 is 17.8 Å². The van der Waals surface area contributed by atoms with Crippen LogP contribution in [0.3, 0.4) is 0 Å². The Kier molecular flexibility index (Phi) is 5.59. The highest BCUT2D eigenvalue weighted by molar-refractivity contribution is 5.89. The van der Waals surface area contributed by atoms with Crippen molar-refractivity contribution in [2.24, 2.45) is 5.92 Å². The number of carboxylic acids is 1. The second-order valence-electron chi connectivity index (χ2n) is 7.19. The van der Waals surface area contributed by atoms with Gasteiger partial charge < -0.3 is 14.7 Å². The number of benzene rings is 1. The number of carbonyl (C=O) groups is 3. The molecule has 26 heavy (non-hydrogen) atoms. The fourth-order valence-corrected chi connectivity index (χ4v) is 4.34. The molecule has 1 amide bonds. The lowest BCUT2D eigenvalue weighted by atomic mass is 9.84. The molecule has 6 heteroatoms. The zero-order chi connectivity index (χ0) is 18.7. The number of esters is 1. The molecular weight excluding hydrogens is 334 g/mol. The van der Waals surface area contributed by atoms with Crippen molar-refractivity contribution in [3.05, 3.63) is 35.4 Å². The predicted molar refractivity (Wildman–Crippen MR) is 94.7 cm³/mol. The molecule has 3 rings (SSSR count). The first-order chi connectivity index (χ1) is 12.5. The van der Waals surface area contributed by atoms with Gasteiger partial charge in [0.2, 0.25) is 5.91 Å². The summed E-state index contributed by atoms with van der Waals surface area (Å²) < 4.78 is 4.67. The number of aryl methyl sites for hydroxylation is 1. The highest BCUT2D eigenvalue weighted by atomic mass is 16.5. The quantitative estimate of drug-likeness (QED) is 0.817. The standard InChI is InChI=1S/C20H25NO5/c1-26-20(25)14-9-6-13(7-10-14)8-11-18(22)21-16-5-3-2-4-15(16)12-17(21)19(23)24/h6-7,9-10,15-17H,2-5,8,11-12H2,1H3,(H,23,24). The molecule has 1 N–H and O–H groups in total. The van der Waals surface area contributed by atoms with Crippen molar-refractivity contribution in [2.45, 2.75) is 57.0 Å². The third kappa shape index (κ3) is 3.74. The highest BCUT2D eigenvalue weighted by Crippen LogP contribution is 2.40. The smallest absolute Gasteiger partial charge is 0.337 e. The molecule has 1 saturated carbocycles. The summed E-state index contributed by atoms with van der Waals surface area (Å²) in [6.45, 7) is 0. The molecule has 1 aliphatic heterocycles. The molecule has 1 aromatic rings. The first-order valence-electron chi connectivity index (χ1n) is 9.22. The van der Waals surface area contributed by atoms with E-state index in [-0.39, 0.29) is 18.4 Å². The van der Waals surface area contributed by atoms with Gasteiger partial charge in [-0.3, -0.25) is 4.79 Å². The minimum Gasteiger partial charge on any atom is -0.480 e. The number of fused-ring (bicyclic) bond motifs is 1. The topological polar surface area (TPSA) is 83.9 Å². The number of hydrogen-bond donors (Lipinski definition) is 1. The fraction of sp³-hybridized carbons (Fsp3) is 0.550. The summed E-state index contributed by atoms with van der Waals surface area (Å²) in [6.07, 6.45) is 5.51. The second kappa shape index (κ2) is 7.89. The van der Waals surface area contributed by atoms with Gasteiger partial charge in [0.15, 0.2) is 0 Å². The molecular formula is C20H25NO5. The Morgan fingerprint density at radius 1 is 1.15 bits per heavy atom. The molecule has 1 aromatic carbocycles. The molecule has 0 spiro atoms. The summed E-state index contributed by atoms with van der Waals surface area (Å²) in [5, 5.41) is 9.53. The van der Waals surface area contributed by atoms with E-state index in [1.807, 2.05) is 12.1 Å². The molecule has 3 atom stereocenters. The normalized spacial score (nSPS) is 24.8. The molecule has 140 valence electrons. The Hall–Kier alpha value is -2.37. The van der Waals surface area contributed by atoms with Gasteiger partial charge >= 0.3 is 11.9 Å². The molecule has 1 heterocycles. The van der Waals surface area contributed by atoms with Gasteiger partial charge in [0, 0.05) is 12.5 Å². The zero-order valence-corrected chi connectivity index (χ0v) is 15.0. The van der Waals surface area contributed by atoms with Gasteiger partial charge in [-0.25, -0.2) is 9.59 Å². The molecule has 1 aliphatic carbocycles. The van der Waals surface area contributed by atoms with E-state index in [1.54, 1.807) is 17.0 Å². The lowest BCUT2D eigenvalue weighted by Gasteiger charge is -2.33. The summed E-state index contributed by atoms with van der Waals surface area (Å²) >= 11 is 0. The summed E-state index contributed by atoms with van der Waals surface area (Å²) in [4.78, 5) is 37.5. The summed E-state index contributed by atoms with van der Waals surface area (Å²) in [5.41, 5.74) is 1.41. The van der Waals surface area contributed by atoms with E-state index in [9.17, 15) is 19.5 Å². The molecule has 1 saturated heterocycles. The Labute approximate surface area is 153 Å². The van der Waals surface area contributed by atoms with Crippen molar-refractivity contribution in [2.75, 3.05) is 7.11 Å². The SMILES string of the molecule is COC(=O)c1ccc(CCC(=O)N2C(C(=O)O)CC3CCCCC32)cc1. The van der Waals surface area contributed by atoms with Gasteiger partial charge in [-0.05, 0) is 49.3 Å². The van der Waals surface area contributed by atoms with Crippen LogP contribution in [0.2, 0.25) is 0 Å². The van der Waals surface area contributed by atoms with Crippen LogP contribution in [-0.4, -0.2) is 47.0 Å². The van der Waals surface area contributed by atoms with Crippen molar-refractivity contribution in [1.29, 1.82) is 0 Å². The van der Waals surface area contributed by atoms with Crippen molar-refractivity contribution < 1.29 is 24.2 Å². The number of likely N-dealkylation sites (tertiary alicyclic amines) is 1. The average Bonchev–Trinajstić information content (AvgIpc) is 3.06. The molecule has 2 fully saturated rings. The third-order valence-corrected chi connectivity index (χ3v) is 5.66. The van der Waals surface area contributed by atoms with Crippen molar-refractivity contribution in [3.63, 3.8) is 0 Å². The van der Waals surface area contributed by atoms with E-state index in [0.29, 0.717) is 24.3 Å². The van der Waals surface area contributed by atoms with Gasteiger partial charge in [0.05, 0.1) is 12.7 Å². The molecule has 2 aliphatic rings. The van der Waals surface area contributed by atoms with Crippen LogP contribution in [0.4, 0.5) is 0 Å². The maximum Gasteiger partial charge on any atom is 0.337 e. The Morgan fingerprint density at radius 3 is 2.50 bits per heavy atom. The number of ether oxygens (including phenoxy) is 1. The maximum atomic E-state index is 12.8. The monoisotopic (exact) mass is 359 g/mol. The first-order valence-corrected chi connectivity index (χ1v) is 9.22. The number of aliphatic carboxylic acids is 1. The summed E-state index contributed by atoms with van der Waals surface area (Å²) in [6, 6.07) is 6.37. The van der Waals surface area contributed by atoms with Crippen LogP contribution in [0.5, 0.6) is 0 Å². The number of carbonyl (C=O) groups excluding carboxylic acids is 2. The summed E-state index contributed by atoms with van der Waals surface area (Å²) in [5.74, 6) is -1.04. The Morgan fingerprint density at radius 2 is 1.85 bits per heavy atom. The predicted octanol–water partition coefficient (Wildman–Crippen LogP) is 2.65. The van der Waals surface area contributed by atoms with Gasteiger partial charge in [0.25, 0.3) is 0 Å². The van der Waals surface area contributed by atoms with Gasteiger partial charge in [-0.1, -0.05) is 25.0 Å². The third-order valence-electron chi connectivity index (χ3n) is 5.66. The maximum absolute atomic E-state index is 12.8. The van der Waals surface area contributed by atoms with E-state index in [2.05, 4.69) is 4.74 Å². The highest BCUT2D eigenvalue weighted by Gasteiger charge is 2.47. The van der Waals surface area contributed by atoms with Crippen LogP contribution >= 0.6 is 0 Å². The van der Waals surface area contributed by atoms with Crippen LogP contribution in [0.25, 0.3) is 0 Å². The first kappa shape index (κ1) is 18.4. The van der Waals surface area contributed by atoms with E-state index >= 15 is 0 Å². The molecule has 0 aromatic heterocycles. The average molecular weight is 359 g/mol. The van der Waals surface area contributed by atoms with Crippen LogP contribution in [0, 0.1) is 5.92 Å². The summed E-state index contributed by atoms with van der Waals surface area (Å²) in [7, 11) is 1.34. The van der Waals surface area contributed by atoms with Crippen molar-refractivity contribution in [1.82, 2.24) is 4.90 Å². The van der Waals surface area contributed by atoms with E-state index < -0.39 is 18.0 Å². The number of nitrogens with zero attached hydrogens (tertiary/aromatic N) is 1.